The molecule has 0 saturated carbocycles. The molecule has 1 aromatic carbocycles. The Labute approximate surface area is 199 Å². The van der Waals surface area contributed by atoms with Crippen molar-refractivity contribution in [1.82, 2.24) is 15.5 Å². The van der Waals surface area contributed by atoms with Crippen LogP contribution < -0.4 is 16.0 Å². The first-order chi connectivity index (χ1) is 15.7. The SMILES string of the molecule is Cc1ccc(NC(=O)N2CCC([C@H](NC(=O)c3cccs3)C(=O)N[C@H](C)C(C)C)CC2)cc1. The third kappa shape index (κ3) is 6.81. The second kappa shape index (κ2) is 11.3. The third-order valence-corrected chi connectivity index (χ3v) is 7.15. The number of anilines is 1. The van der Waals surface area contributed by atoms with Crippen molar-refractivity contribution in [2.75, 3.05) is 18.4 Å². The highest BCUT2D eigenvalue weighted by Crippen LogP contribution is 2.23. The molecule has 2 heterocycles. The molecule has 1 aliphatic rings. The van der Waals surface area contributed by atoms with Gasteiger partial charge in [0.25, 0.3) is 5.91 Å². The number of rotatable bonds is 7. The normalized spacial score (nSPS) is 16.2. The Balaban J connectivity index is 1.63. The van der Waals surface area contributed by atoms with Gasteiger partial charge in [0.2, 0.25) is 5.91 Å². The minimum absolute atomic E-state index is 0.000911. The number of amides is 4. The van der Waals surface area contributed by atoms with Crippen molar-refractivity contribution < 1.29 is 14.4 Å². The summed E-state index contributed by atoms with van der Waals surface area (Å²) in [6, 6.07) is 10.5. The summed E-state index contributed by atoms with van der Waals surface area (Å²) in [5.74, 6) is -0.155. The third-order valence-electron chi connectivity index (χ3n) is 6.29. The van der Waals surface area contributed by atoms with Crippen molar-refractivity contribution in [3.05, 3.63) is 52.2 Å². The fourth-order valence-electron chi connectivity index (χ4n) is 3.77. The van der Waals surface area contributed by atoms with Gasteiger partial charge in [0.05, 0.1) is 4.88 Å². The smallest absolute Gasteiger partial charge is 0.321 e. The molecule has 178 valence electrons. The average molecular weight is 471 g/mol. The first kappa shape index (κ1) is 24.8. The van der Waals surface area contributed by atoms with Gasteiger partial charge in [0.1, 0.15) is 6.04 Å². The molecule has 1 fully saturated rings. The monoisotopic (exact) mass is 470 g/mol. The highest BCUT2D eigenvalue weighted by atomic mass is 32.1. The first-order valence-corrected chi connectivity index (χ1v) is 12.4. The van der Waals surface area contributed by atoms with Crippen molar-refractivity contribution in [3.8, 4) is 0 Å². The number of piperidine rings is 1. The number of hydrogen-bond acceptors (Lipinski definition) is 4. The molecule has 1 aliphatic heterocycles. The fourth-order valence-corrected chi connectivity index (χ4v) is 4.40. The van der Waals surface area contributed by atoms with Crippen LogP contribution in [0.25, 0.3) is 0 Å². The average Bonchev–Trinajstić information content (AvgIpc) is 3.34. The summed E-state index contributed by atoms with van der Waals surface area (Å²) in [5.41, 5.74) is 1.89. The molecule has 0 spiro atoms. The molecule has 1 aromatic heterocycles. The highest BCUT2D eigenvalue weighted by molar-refractivity contribution is 7.12. The lowest BCUT2D eigenvalue weighted by Crippen LogP contribution is -2.55. The molecule has 2 aromatic rings. The Morgan fingerprint density at radius 1 is 1.00 bits per heavy atom. The number of likely N-dealkylation sites (tertiary alicyclic amines) is 1. The lowest BCUT2D eigenvalue weighted by Gasteiger charge is -2.36. The molecule has 0 unspecified atom stereocenters. The van der Waals surface area contributed by atoms with Gasteiger partial charge in [-0.2, -0.15) is 0 Å². The summed E-state index contributed by atoms with van der Waals surface area (Å²) in [7, 11) is 0. The molecule has 1 saturated heterocycles. The Hall–Kier alpha value is -2.87. The van der Waals surface area contributed by atoms with E-state index in [4.69, 9.17) is 0 Å². The van der Waals surface area contributed by atoms with Crippen LogP contribution in [-0.4, -0.2) is 47.9 Å². The molecule has 0 bridgehead atoms. The number of aryl methyl sites for hydroxylation is 1. The second-order valence-corrected chi connectivity index (χ2v) is 10.0. The highest BCUT2D eigenvalue weighted by Gasteiger charge is 2.34. The summed E-state index contributed by atoms with van der Waals surface area (Å²) in [6.45, 7) is 9.13. The predicted molar refractivity (Wildman–Crippen MR) is 133 cm³/mol. The number of urea groups is 1. The van der Waals surface area contributed by atoms with E-state index in [0.29, 0.717) is 30.8 Å². The van der Waals surface area contributed by atoms with Gasteiger partial charge in [-0.3, -0.25) is 9.59 Å². The summed E-state index contributed by atoms with van der Waals surface area (Å²) >= 11 is 1.35. The van der Waals surface area contributed by atoms with Gasteiger partial charge in [0, 0.05) is 24.8 Å². The van der Waals surface area contributed by atoms with Gasteiger partial charge in [0.15, 0.2) is 0 Å². The number of nitrogens with one attached hydrogen (secondary N) is 3. The molecule has 3 N–H and O–H groups in total. The standard InChI is InChI=1S/C25H34N4O3S/c1-16(2)18(4)26-24(31)22(28-23(30)21-6-5-15-33-21)19-11-13-29(14-12-19)25(32)27-20-9-7-17(3)8-10-20/h5-10,15-16,18-19,22H,11-14H2,1-4H3,(H,26,31)(H,27,32)(H,28,30)/t18-,22+/m1/s1. The first-order valence-electron chi connectivity index (χ1n) is 11.5. The molecule has 8 heteroatoms. The van der Waals surface area contributed by atoms with Gasteiger partial charge >= 0.3 is 6.03 Å². The maximum Gasteiger partial charge on any atom is 0.321 e. The van der Waals surface area contributed by atoms with E-state index in [0.717, 1.165) is 11.3 Å². The lowest BCUT2D eigenvalue weighted by molar-refractivity contribution is -0.125. The Morgan fingerprint density at radius 3 is 2.24 bits per heavy atom. The van der Waals surface area contributed by atoms with E-state index in [1.807, 2.05) is 49.6 Å². The number of carbonyl (C=O) groups is 3. The van der Waals surface area contributed by atoms with Crippen LogP contribution in [0.4, 0.5) is 10.5 Å². The van der Waals surface area contributed by atoms with Gasteiger partial charge in [-0.15, -0.1) is 11.3 Å². The van der Waals surface area contributed by atoms with Crippen molar-refractivity contribution in [2.45, 2.75) is 52.6 Å². The van der Waals surface area contributed by atoms with Crippen LogP contribution in [0.15, 0.2) is 41.8 Å². The van der Waals surface area contributed by atoms with Crippen LogP contribution in [0.5, 0.6) is 0 Å². The zero-order valence-corrected chi connectivity index (χ0v) is 20.6. The van der Waals surface area contributed by atoms with Crippen LogP contribution >= 0.6 is 11.3 Å². The largest absolute Gasteiger partial charge is 0.352 e. The van der Waals surface area contributed by atoms with E-state index in [1.54, 1.807) is 11.0 Å². The van der Waals surface area contributed by atoms with Crippen molar-refractivity contribution in [1.29, 1.82) is 0 Å². The molecule has 4 amide bonds. The summed E-state index contributed by atoms with van der Waals surface area (Å²) in [4.78, 5) is 40.9. The Bertz CT molecular complexity index is 935. The van der Waals surface area contributed by atoms with Crippen molar-refractivity contribution in [3.63, 3.8) is 0 Å². The molecule has 2 atom stereocenters. The fraction of sp³-hybridized carbons (Fsp3) is 0.480. The number of carbonyl (C=O) groups excluding carboxylic acids is 3. The second-order valence-electron chi connectivity index (χ2n) is 9.09. The molecule has 0 aliphatic carbocycles. The van der Waals surface area contributed by atoms with Crippen LogP contribution in [0.1, 0.15) is 48.8 Å². The van der Waals surface area contributed by atoms with Gasteiger partial charge in [-0.25, -0.2) is 4.79 Å². The Morgan fingerprint density at radius 2 is 1.67 bits per heavy atom. The van der Waals surface area contributed by atoms with Crippen LogP contribution in [0, 0.1) is 18.8 Å². The van der Waals surface area contributed by atoms with Crippen LogP contribution in [-0.2, 0) is 4.79 Å². The zero-order chi connectivity index (χ0) is 24.0. The molecule has 33 heavy (non-hydrogen) atoms. The topological polar surface area (TPSA) is 90.5 Å². The van der Waals surface area contributed by atoms with E-state index < -0.39 is 6.04 Å². The zero-order valence-electron chi connectivity index (χ0n) is 19.8. The van der Waals surface area contributed by atoms with Gasteiger partial charge in [-0.1, -0.05) is 37.6 Å². The van der Waals surface area contributed by atoms with E-state index in [1.165, 1.54) is 11.3 Å². The maximum absolute atomic E-state index is 13.1. The quantitative estimate of drug-likeness (QED) is 0.565. The minimum Gasteiger partial charge on any atom is -0.352 e. The summed E-state index contributed by atoms with van der Waals surface area (Å²) < 4.78 is 0. The van der Waals surface area contributed by atoms with Crippen LogP contribution in [0.3, 0.4) is 0 Å². The molecular formula is C25H34N4O3S. The van der Waals surface area contributed by atoms with Gasteiger partial charge in [-0.05, 0) is 62.1 Å². The van der Waals surface area contributed by atoms with E-state index in [-0.39, 0.29) is 35.7 Å². The molecule has 3 rings (SSSR count). The van der Waals surface area contributed by atoms with Crippen LogP contribution in [0.2, 0.25) is 0 Å². The number of nitrogens with zero attached hydrogens (tertiary/aromatic N) is 1. The number of thiophene rings is 1. The van der Waals surface area contributed by atoms with E-state index >= 15 is 0 Å². The summed E-state index contributed by atoms with van der Waals surface area (Å²) in [6.07, 6.45) is 1.28. The van der Waals surface area contributed by atoms with E-state index in [2.05, 4.69) is 29.8 Å². The van der Waals surface area contributed by atoms with Crippen molar-refractivity contribution in [2.24, 2.45) is 11.8 Å². The minimum atomic E-state index is -0.636. The predicted octanol–water partition coefficient (Wildman–Crippen LogP) is 4.26. The van der Waals surface area contributed by atoms with Gasteiger partial charge < -0.3 is 20.9 Å². The Kier molecular flexibility index (Phi) is 8.49. The lowest BCUT2D eigenvalue weighted by atomic mass is 9.88. The molecular weight excluding hydrogens is 436 g/mol. The number of benzene rings is 1. The van der Waals surface area contributed by atoms with E-state index in [9.17, 15) is 14.4 Å². The maximum atomic E-state index is 13.1. The molecule has 0 radical (unpaired) electrons. The molecule has 7 nitrogen and oxygen atoms in total. The summed E-state index contributed by atoms with van der Waals surface area (Å²) in [5, 5.41) is 10.8. The van der Waals surface area contributed by atoms with Crippen molar-refractivity contribution >= 4 is 34.9 Å². The number of hydrogen-bond donors (Lipinski definition) is 3.